The van der Waals surface area contributed by atoms with Crippen LogP contribution in [0.25, 0.3) is 0 Å². The maximum absolute atomic E-state index is 12.4. The first kappa shape index (κ1) is 22.9. The molecule has 0 heterocycles. The van der Waals surface area contributed by atoms with Crippen LogP contribution in [-0.2, 0) is 9.59 Å². The molecule has 160 valence electrons. The van der Waals surface area contributed by atoms with Gasteiger partial charge in [0.15, 0.2) is 0 Å². The third kappa shape index (κ3) is 7.21. The van der Waals surface area contributed by atoms with Gasteiger partial charge in [-0.05, 0) is 62.0 Å². The van der Waals surface area contributed by atoms with Crippen molar-refractivity contribution in [2.24, 2.45) is 0 Å². The Hall–Kier alpha value is -3.39. The summed E-state index contributed by atoms with van der Waals surface area (Å²) in [6, 6.07) is 13.7. The molecule has 8 heteroatoms. The molecular formula is C22H28N4O4. The number of likely N-dealkylation sites (N-methyl/N-ethyl adjacent to an activating group) is 2. The summed E-state index contributed by atoms with van der Waals surface area (Å²) in [5, 5.41) is 8.30. The lowest BCUT2D eigenvalue weighted by atomic mass is 10.2. The first-order valence-corrected chi connectivity index (χ1v) is 9.79. The van der Waals surface area contributed by atoms with Crippen molar-refractivity contribution in [2.75, 3.05) is 43.9 Å². The highest BCUT2D eigenvalue weighted by Crippen LogP contribution is 2.16. The third-order valence-electron chi connectivity index (χ3n) is 4.33. The summed E-state index contributed by atoms with van der Waals surface area (Å²) in [4.78, 5) is 38.1. The molecule has 2 rings (SSSR count). The second-order valence-corrected chi connectivity index (χ2v) is 6.56. The SMILES string of the molecule is CCNC(=O)CN(CC)CC(=O)Nc1ccc(C(=O)Nc2ccc(OC)cc2)cc1. The van der Waals surface area contributed by atoms with Crippen LogP contribution in [0.15, 0.2) is 48.5 Å². The van der Waals surface area contributed by atoms with Crippen molar-refractivity contribution >= 4 is 29.1 Å². The van der Waals surface area contributed by atoms with Gasteiger partial charge in [-0.25, -0.2) is 0 Å². The number of hydrogen-bond donors (Lipinski definition) is 3. The third-order valence-corrected chi connectivity index (χ3v) is 4.33. The molecule has 0 fully saturated rings. The summed E-state index contributed by atoms with van der Waals surface area (Å²) in [5.74, 6) is 0.119. The topological polar surface area (TPSA) is 99.8 Å². The first-order valence-electron chi connectivity index (χ1n) is 9.79. The molecule has 0 saturated carbocycles. The predicted molar refractivity (Wildman–Crippen MR) is 117 cm³/mol. The van der Waals surface area contributed by atoms with Crippen LogP contribution in [0.3, 0.4) is 0 Å². The monoisotopic (exact) mass is 412 g/mol. The first-order chi connectivity index (χ1) is 14.4. The number of ether oxygens (including phenoxy) is 1. The number of rotatable bonds is 10. The number of anilines is 2. The molecule has 3 amide bonds. The molecule has 0 radical (unpaired) electrons. The van der Waals surface area contributed by atoms with Gasteiger partial charge in [-0.2, -0.15) is 0 Å². The standard InChI is InChI=1S/C22H28N4O4/c1-4-23-20(27)14-26(5-2)15-21(28)24-17-8-6-16(7-9-17)22(29)25-18-10-12-19(30-3)13-11-18/h6-13H,4-5,14-15H2,1-3H3,(H,23,27)(H,24,28)(H,25,29). The Labute approximate surface area is 176 Å². The number of nitrogens with zero attached hydrogens (tertiary/aromatic N) is 1. The van der Waals surface area contributed by atoms with Crippen molar-refractivity contribution in [3.63, 3.8) is 0 Å². The van der Waals surface area contributed by atoms with E-state index in [1.54, 1.807) is 60.5 Å². The fraction of sp³-hybridized carbons (Fsp3) is 0.318. The Morgan fingerprint density at radius 1 is 0.833 bits per heavy atom. The van der Waals surface area contributed by atoms with Crippen molar-refractivity contribution in [3.8, 4) is 5.75 Å². The zero-order valence-corrected chi connectivity index (χ0v) is 17.5. The molecular weight excluding hydrogens is 384 g/mol. The molecule has 0 saturated heterocycles. The van der Waals surface area contributed by atoms with Crippen LogP contribution in [0.5, 0.6) is 5.75 Å². The molecule has 2 aromatic rings. The van der Waals surface area contributed by atoms with Gasteiger partial charge in [-0.1, -0.05) is 6.92 Å². The van der Waals surface area contributed by atoms with E-state index in [9.17, 15) is 14.4 Å². The van der Waals surface area contributed by atoms with E-state index >= 15 is 0 Å². The predicted octanol–water partition coefficient (Wildman–Crippen LogP) is 2.34. The number of amides is 3. The molecule has 0 aliphatic heterocycles. The van der Waals surface area contributed by atoms with Crippen LogP contribution >= 0.6 is 0 Å². The molecule has 0 bridgehead atoms. The van der Waals surface area contributed by atoms with Gasteiger partial charge in [-0.3, -0.25) is 19.3 Å². The van der Waals surface area contributed by atoms with Gasteiger partial charge in [0.25, 0.3) is 5.91 Å². The highest BCUT2D eigenvalue weighted by molar-refractivity contribution is 6.04. The van der Waals surface area contributed by atoms with Gasteiger partial charge in [-0.15, -0.1) is 0 Å². The minimum atomic E-state index is -0.253. The number of methoxy groups -OCH3 is 1. The van der Waals surface area contributed by atoms with Gasteiger partial charge in [0.1, 0.15) is 5.75 Å². The molecule has 2 aromatic carbocycles. The van der Waals surface area contributed by atoms with Crippen molar-refractivity contribution in [2.45, 2.75) is 13.8 Å². The second kappa shape index (κ2) is 11.6. The van der Waals surface area contributed by atoms with Gasteiger partial charge in [0, 0.05) is 23.5 Å². The van der Waals surface area contributed by atoms with Gasteiger partial charge < -0.3 is 20.7 Å². The van der Waals surface area contributed by atoms with Crippen molar-refractivity contribution < 1.29 is 19.1 Å². The van der Waals surface area contributed by atoms with Crippen LogP contribution in [0.2, 0.25) is 0 Å². The summed E-state index contributed by atoms with van der Waals surface area (Å²) in [6.07, 6.45) is 0. The lowest BCUT2D eigenvalue weighted by molar-refractivity contribution is -0.123. The lowest BCUT2D eigenvalue weighted by Crippen LogP contribution is -2.41. The molecule has 3 N–H and O–H groups in total. The Morgan fingerprint density at radius 3 is 1.97 bits per heavy atom. The smallest absolute Gasteiger partial charge is 0.255 e. The summed E-state index contributed by atoms with van der Waals surface area (Å²) in [5.41, 5.74) is 1.70. The highest BCUT2D eigenvalue weighted by atomic mass is 16.5. The molecule has 0 aromatic heterocycles. The molecule has 0 spiro atoms. The molecule has 0 atom stereocenters. The molecule has 30 heavy (non-hydrogen) atoms. The van der Waals surface area contributed by atoms with Gasteiger partial charge in [0.2, 0.25) is 11.8 Å². The fourth-order valence-electron chi connectivity index (χ4n) is 2.72. The number of carbonyl (C=O) groups excluding carboxylic acids is 3. The summed E-state index contributed by atoms with van der Waals surface area (Å²) in [6.45, 7) is 5.15. The van der Waals surface area contributed by atoms with E-state index in [0.717, 1.165) is 0 Å². The van der Waals surface area contributed by atoms with Crippen molar-refractivity contribution in [1.29, 1.82) is 0 Å². The molecule has 0 aliphatic carbocycles. The molecule has 8 nitrogen and oxygen atoms in total. The van der Waals surface area contributed by atoms with Crippen LogP contribution in [-0.4, -0.2) is 55.9 Å². The number of nitrogens with one attached hydrogen (secondary N) is 3. The number of hydrogen-bond acceptors (Lipinski definition) is 5. The maximum Gasteiger partial charge on any atom is 0.255 e. The van der Waals surface area contributed by atoms with E-state index in [1.165, 1.54) is 0 Å². The molecule has 0 aliphatic rings. The average Bonchev–Trinajstić information content (AvgIpc) is 2.74. The van der Waals surface area contributed by atoms with E-state index in [-0.39, 0.29) is 30.8 Å². The summed E-state index contributed by atoms with van der Waals surface area (Å²) < 4.78 is 5.09. The van der Waals surface area contributed by atoms with E-state index in [2.05, 4.69) is 16.0 Å². The van der Waals surface area contributed by atoms with E-state index in [1.807, 2.05) is 13.8 Å². The minimum absolute atomic E-state index is 0.105. The Bertz CT molecular complexity index is 850. The largest absolute Gasteiger partial charge is 0.497 e. The van der Waals surface area contributed by atoms with Crippen LogP contribution < -0.4 is 20.7 Å². The normalized spacial score (nSPS) is 10.4. The zero-order valence-electron chi connectivity index (χ0n) is 17.5. The Kier molecular flexibility index (Phi) is 8.83. The maximum atomic E-state index is 12.4. The van der Waals surface area contributed by atoms with Gasteiger partial charge in [0.05, 0.1) is 20.2 Å². The highest BCUT2D eigenvalue weighted by Gasteiger charge is 2.13. The fourth-order valence-corrected chi connectivity index (χ4v) is 2.72. The number of benzene rings is 2. The van der Waals surface area contributed by atoms with Gasteiger partial charge >= 0.3 is 0 Å². The quantitative estimate of drug-likeness (QED) is 0.556. The zero-order chi connectivity index (χ0) is 21.9. The van der Waals surface area contributed by atoms with Crippen molar-refractivity contribution in [3.05, 3.63) is 54.1 Å². The van der Waals surface area contributed by atoms with E-state index < -0.39 is 0 Å². The minimum Gasteiger partial charge on any atom is -0.497 e. The molecule has 0 unspecified atom stereocenters. The summed E-state index contributed by atoms with van der Waals surface area (Å²) >= 11 is 0. The van der Waals surface area contributed by atoms with Crippen LogP contribution in [0.4, 0.5) is 11.4 Å². The average molecular weight is 412 g/mol. The second-order valence-electron chi connectivity index (χ2n) is 6.56. The van der Waals surface area contributed by atoms with E-state index in [0.29, 0.717) is 35.8 Å². The Morgan fingerprint density at radius 2 is 1.40 bits per heavy atom. The lowest BCUT2D eigenvalue weighted by Gasteiger charge is -2.19. The Balaban J connectivity index is 1.88. The number of carbonyl (C=O) groups is 3. The van der Waals surface area contributed by atoms with Crippen molar-refractivity contribution in [1.82, 2.24) is 10.2 Å². The summed E-state index contributed by atoms with van der Waals surface area (Å²) in [7, 11) is 1.58. The van der Waals surface area contributed by atoms with Crippen LogP contribution in [0.1, 0.15) is 24.2 Å². The van der Waals surface area contributed by atoms with Crippen LogP contribution in [0, 0.1) is 0 Å². The van der Waals surface area contributed by atoms with E-state index in [4.69, 9.17) is 4.74 Å².